The summed E-state index contributed by atoms with van der Waals surface area (Å²) in [4.78, 5) is 37.1. The number of Topliss-reactive ketones (excluding diaryl/α,β-unsaturated/α-hetero) is 2. The van der Waals surface area contributed by atoms with E-state index < -0.39 is 12.2 Å². The lowest BCUT2D eigenvalue weighted by Gasteiger charge is -2.18. The van der Waals surface area contributed by atoms with Gasteiger partial charge < -0.3 is 14.9 Å². The Morgan fingerprint density at radius 2 is 1.70 bits per heavy atom. The van der Waals surface area contributed by atoms with Crippen molar-refractivity contribution in [2.24, 2.45) is 11.8 Å². The van der Waals surface area contributed by atoms with Crippen molar-refractivity contribution in [2.75, 3.05) is 0 Å². The van der Waals surface area contributed by atoms with Crippen LogP contribution in [-0.4, -0.2) is 40.0 Å². The Labute approximate surface area is 238 Å². The predicted octanol–water partition coefficient (Wildman–Crippen LogP) is 6.42. The number of hydrogen-bond acceptors (Lipinski definition) is 6. The van der Waals surface area contributed by atoms with Crippen LogP contribution in [0.2, 0.25) is 0 Å². The Balaban J connectivity index is 1.32. The molecule has 2 aromatic rings. The SMILES string of the molecule is CCCCC[C@H](O)/C=C/[C@H]1[C@H](O)CC(=O)[C@@H]1CCCCCCC(=O)Oc1ccc(CC(=O)c2ccccc2)cc1. The molecule has 1 fully saturated rings. The van der Waals surface area contributed by atoms with Gasteiger partial charge >= 0.3 is 5.97 Å². The minimum absolute atomic E-state index is 0.0439. The van der Waals surface area contributed by atoms with Crippen molar-refractivity contribution < 1.29 is 29.3 Å². The molecule has 0 heterocycles. The quantitative estimate of drug-likeness (QED) is 0.0778. The van der Waals surface area contributed by atoms with E-state index in [-0.39, 0.29) is 35.8 Å². The summed E-state index contributed by atoms with van der Waals surface area (Å²) in [6.45, 7) is 2.12. The molecule has 0 amide bonds. The molecule has 0 unspecified atom stereocenters. The molecule has 2 N–H and O–H groups in total. The van der Waals surface area contributed by atoms with Crippen molar-refractivity contribution >= 4 is 17.5 Å². The summed E-state index contributed by atoms with van der Waals surface area (Å²) in [6.07, 6.45) is 11.1. The van der Waals surface area contributed by atoms with Crippen LogP contribution in [0.1, 0.15) is 93.5 Å². The first-order valence-electron chi connectivity index (χ1n) is 14.8. The number of ketones is 2. The van der Waals surface area contributed by atoms with Gasteiger partial charge in [0.1, 0.15) is 11.5 Å². The Morgan fingerprint density at radius 3 is 2.42 bits per heavy atom. The van der Waals surface area contributed by atoms with Crippen LogP contribution in [0.15, 0.2) is 66.7 Å². The van der Waals surface area contributed by atoms with E-state index in [0.29, 0.717) is 43.4 Å². The van der Waals surface area contributed by atoms with Gasteiger partial charge in [-0.05, 0) is 37.0 Å². The Hall–Kier alpha value is -3.09. The van der Waals surface area contributed by atoms with Crippen LogP contribution in [-0.2, 0) is 16.0 Å². The number of aliphatic hydroxyl groups excluding tert-OH is 2. The van der Waals surface area contributed by atoms with Gasteiger partial charge in [-0.25, -0.2) is 0 Å². The normalized spacial score (nSPS) is 19.7. The van der Waals surface area contributed by atoms with Crippen LogP contribution in [0, 0.1) is 11.8 Å². The van der Waals surface area contributed by atoms with Crippen molar-refractivity contribution in [3.63, 3.8) is 0 Å². The van der Waals surface area contributed by atoms with Crippen molar-refractivity contribution in [1.29, 1.82) is 0 Å². The predicted molar refractivity (Wildman–Crippen MR) is 156 cm³/mol. The molecule has 3 rings (SSSR count). The maximum Gasteiger partial charge on any atom is 0.311 e. The average molecular weight is 549 g/mol. The molecule has 40 heavy (non-hydrogen) atoms. The Kier molecular flexibility index (Phi) is 13.3. The second-order valence-corrected chi connectivity index (χ2v) is 10.9. The highest BCUT2D eigenvalue weighted by Gasteiger charge is 2.39. The number of carbonyl (C=O) groups excluding carboxylic acids is 3. The summed E-state index contributed by atoms with van der Waals surface area (Å²) in [5.41, 5.74) is 1.54. The summed E-state index contributed by atoms with van der Waals surface area (Å²) >= 11 is 0. The zero-order chi connectivity index (χ0) is 28.7. The van der Waals surface area contributed by atoms with Gasteiger partial charge in [0.2, 0.25) is 0 Å². The van der Waals surface area contributed by atoms with Crippen LogP contribution < -0.4 is 4.74 Å². The van der Waals surface area contributed by atoms with E-state index >= 15 is 0 Å². The number of esters is 1. The molecule has 4 atom stereocenters. The molecule has 0 spiro atoms. The highest BCUT2D eigenvalue weighted by atomic mass is 16.5. The number of ether oxygens (including phenoxy) is 1. The van der Waals surface area contributed by atoms with Gasteiger partial charge in [0.25, 0.3) is 0 Å². The fourth-order valence-corrected chi connectivity index (χ4v) is 5.30. The molecule has 1 saturated carbocycles. The molecule has 216 valence electrons. The Bertz CT molecular complexity index is 1090. The van der Waals surface area contributed by atoms with E-state index in [0.717, 1.165) is 44.1 Å². The first-order valence-corrected chi connectivity index (χ1v) is 14.8. The number of benzene rings is 2. The molecule has 6 nitrogen and oxygen atoms in total. The molecule has 6 heteroatoms. The fraction of sp³-hybridized carbons (Fsp3) is 0.500. The largest absolute Gasteiger partial charge is 0.427 e. The lowest BCUT2D eigenvalue weighted by atomic mass is 9.88. The third-order valence-corrected chi connectivity index (χ3v) is 7.65. The lowest BCUT2D eigenvalue weighted by Crippen LogP contribution is -2.19. The molecule has 1 aliphatic rings. The molecule has 0 bridgehead atoms. The number of aliphatic hydroxyl groups is 2. The first kappa shape index (κ1) is 31.4. The fourth-order valence-electron chi connectivity index (χ4n) is 5.30. The maximum absolute atomic E-state index is 12.4. The van der Waals surface area contributed by atoms with Crippen LogP contribution in [0.5, 0.6) is 5.75 Å². The molecular weight excluding hydrogens is 504 g/mol. The maximum atomic E-state index is 12.4. The molecule has 0 saturated heterocycles. The summed E-state index contributed by atoms with van der Waals surface area (Å²) in [7, 11) is 0. The summed E-state index contributed by atoms with van der Waals surface area (Å²) in [6, 6.07) is 16.2. The van der Waals surface area contributed by atoms with E-state index in [1.807, 2.05) is 24.3 Å². The molecule has 0 aromatic heterocycles. The molecule has 0 radical (unpaired) electrons. The summed E-state index contributed by atoms with van der Waals surface area (Å²) < 4.78 is 5.44. The summed E-state index contributed by atoms with van der Waals surface area (Å²) in [5, 5.41) is 20.5. The van der Waals surface area contributed by atoms with Crippen molar-refractivity contribution in [3.05, 3.63) is 77.9 Å². The van der Waals surface area contributed by atoms with Crippen molar-refractivity contribution in [1.82, 2.24) is 0 Å². The average Bonchev–Trinajstić information content (AvgIpc) is 3.22. The molecule has 1 aliphatic carbocycles. The minimum Gasteiger partial charge on any atom is -0.427 e. The molecular formula is C34H44O6. The standard InChI is InChI=1S/C34H44O6/c1-2-3-7-14-27(35)19-22-30-29(32(37)24-33(30)38)15-10-4-5-11-16-34(39)40-28-20-17-25(18-21-28)23-31(36)26-12-8-6-9-13-26/h6,8-9,12-13,17-22,27,29-30,33,35,38H,2-5,7,10-11,14-16,23-24H2,1H3/b22-19+/t27-,29+,30+,33+/m0/s1. The van der Waals surface area contributed by atoms with Gasteiger partial charge in [0, 0.05) is 36.7 Å². The van der Waals surface area contributed by atoms with Gasteiger partial charge in [-0.1, -0.05) is 100 Å². The third kappa shape index (κ3) is 10.5. The van der Waals surface area contributed by atoms with Gasteiger partial charge in [-0.15, -0.1) is 0 Å². The van der Waals surface area contributed by atoms with Gasteiger partial charge in [-0.3, -0.25) is 14.4 Å². The van der Waals surface area contributed by atoms with E-state index in [1.165, 1.54) is 0 Å². The summed E-state index contributed by atoms with van der Waals surface area (Å²) in [5.74, 6) is -0.112. The van der Waals surface area contributed by atoms with Crippen molar-refractivity contribution in [2.45, 2.75) is 96.2 Å². The van der Waals surface area contributed by atoms with Gasteiger partial charge in [0.15, 0.2) is 5.78 Å². The molecule has 2 aromatic carbocycles. The van der Waals surface area contributed by atoms with Crippen molar-refractivity contribution in [3.8, 4) is 5.75 Å². The van der Waals surface area contributed by atoms with E-state index in [1.54, 1.807) is 42.5 Å². The zero-order valence-corrected chi connectivity index (χ0v) is 23.7. The monoisotopic (exact) mass is 548 g/mol. The molecule has 0 aliphatic heterocycles. The highest BCUT2D eigenvalue weighted by Crippen LogP contribution is 2.34. The highest BCUT2D eigenvalue weighted by molar-refractivity contribution is 5.97. The zero-order valence-electron chi connectivity index (χ0n) is 23.7. The minimum atomic E-state index is -0.676. The van der Waals surface area contributed by atoms with Crippen LogP contribution >= 0.6 is 0 Å². The smallest absolute Gasteiger partial charge is 0.311 e. The first-order chi connectivity index (χ1) is 19.4. The Morgan fingerprint density at radius 1 is 0.975 bits per heavy atom. The van der Waals surface area contributed by atoms with Crippen LogP contribution in [0.3, 0.4) is 0 Å². The van der Waals surface area contributed by atoms with Crippen LogP contribution in [0.25, 0.3) is 0 Å². The number of rotatable bonds is 17. The van der Waals surface area contributed by atoms with Gasteiger partial charge in [-0.2, -0.15) is 0 Å². The topological polar surface area (TPSA) is 101 Å². The van der Waals surface area contributed by atoms with E-state index in [2.05, 4.69) is 6.92 Å². The second-order valence-electron chi connectivity index (χ2n) is 10.9. The third-order valence-electron chi connectivity index (χ3n) is 7.65. The lowest BCUT2D eigenvalue weighted by molar-refractivity contribution is -0.134. The van der Waals surface area contributed by atoms with E-state index in [4.69, 9.17) is 4.74 Å². The number of hydrogen-bond donors (Lipinski definition) is 2. The van der Waals surface area contributed by atoms with Gasteiger partial charge in [0.05, 0.1) is 12.2 Å². The second kappa shape index (κ2) is 16.9. The van der Waals surface area contributed by atoms with Crippen LogP contribution in [0.4, 0.5) is 0 Å². The number of carbonyl (C=O) groups is 3. The number of unbranched alkanes of at least 4 members (excludes halogenated alkanes) is 5. The van der Waals surface area contributed by atoms with E-state index in [9.17, 15) is 24.6 Å².